The van der Waals surface area contributed by atoms with Gasteiger partial charge in [0, 0.05) is 23.0 Å². The quantitative estimate of drug-likeness (QED) is 0.861. The van der Waals surface area contributed by atoms with Gasteiger partial charge in [-0.3, -0.25) is 9.59 Å². The summed E-state index contributed by atoms with van der Waals surface area (Å²) < 4.78 is 0. The third-order valence-corrected chi connectivity index (χ3v) is 3.88. The molecule has 0 bridgehead atoms. The average Bonchev–Trinajstić information content (AvgIpc) is 2.87. The van der Waals surface area contributed by atoms with Crippen molar-refractivity contribution in [2.45, 2.75) is 40.2 Å². The second kappa shape index (κ2) is 6.77. The fraction of sp³-hybridized carbons (Fsp3) is 0.444. The van der Waals surface area contributed by atoms with Gasteiger partial charge in [-0.1, -0.05) is 45.9 Å². The first-order valence-electron chi connectivity index (χ1n) is 7.78. The summed E-state index contributed by atoms with van der Waals surface area (Å²) in [5.74, 6) is -0.0256. The lowest BCUT2D eigenvalue weighted by Crippen LogP contribution is -2.46. The third kappa shape index (κ3) is 3.56. The molecule has 1 aromatic heterocycles. The monoisotopic (exact) mass is 300 g/mol. The second-order valence-electron chi connectivity index (χ2n) is 6.38. The molecule has 0 spiro atoms. The van der Waals surface area contributed by atoms with Crippen LogP contribution in [-0.4, -0.2) is 22.7 Å². The van der Waals surface area contributed by atoms with Crippen LogP contribution in [-0.2, 0) is 16.0 Å². The van der Waals surface area contributed by atoms with E-state index < -0.39 is 6.04 Å². The van der Waals surface area contributed by atoms with Gasteiger partial charge < -0.3 is 10.3 Å². The van der Waals surface area contributed by atoms with Crippen LogP contribution in [0.25, 0.3) is 10.9 Å². The Bertz CT molecular complexity index is 671. The number of hydrogen-bond acceptors (Lipinski definition) is 2. The van der Waals surface area contributed by atoms with Crippen molar-refractivity contribution in [1.82, 2.24) is 10.3 Å². The van der Waals surface area contributed by atoms with Crippen molar-refractivity contribution in [1.29, 1.82) is 0 Å². The van der Waals surface area contributed by atoms with E-state index in [1.807, 2.05) is 58.2 Å². The van der Waals surface area contributed by atoms with Gasteiger partial charge in [-0.05, 0) is 17.5 Å². The van der Waals surface area contributed by atoms with Gasteiger partial charge >= 0.3 is 0 Å². The number of para-hydroxylation sites is 1. The Labute approximate surface area is 131 Å². The maximum Gasteiger partial charge on any atom is 0.225 e. The number of amides is 1. The minimum atomic E-state index is -0.419. The van der Waals surface area contributed by atoms with Gasteiger partial charge in [0.1, 0.15) is 0 Å². The molecule has 0 aliphatic carbocycles. The molecule has 1 heterocycles. The number of aromatic amines is 1. The van der Waals surface area contributed by atoms with Crippen LogP contribution < -0.4 is 5.32 Å². The number of carbonyl (C=O) groups excluding carboxylic acids is 2. The molecule has 1 amide bonds. The molecule has 0 aliphatic rings. The molecule has 0 fully saturated rings. The number of fused-ring (bicyclic) bond motifs is 1. The molecule has 2 N–H and O–H groups in total. The molecule has 2 aromatic rings. The van der Waals surface area contributed by atoms with E-state index in [2.05, 4.69) is 10.3 Å². The molecule has 1 atom stereocenters. The number of rotatable bonds is 6. The van der Waals surface area contributed by atoms with Crippen LogP contribution >= 0.6 is 0 Å². The molecule has 2 rings (SSSR count). The van der Waals surface area contributed by atoms with Gasteiger partial charge in [-0.2, -0.15) is 0 Å². The highest BCUT2D eigenvalue weighted by molar-refractivity contribution is 5.93. The summed E-state index contributed by atoms with van der Waals surface area (Å²) in [4.78, 5) is 27.7. The van der Waals surface area contributed by atoms with E-state index in [0.717, 1.165) is 16.5 Å². The number of H-pyrrole nitrogens is 1. The first kappa shape index (κ1) is 16.3. The largest absolute Gasteiger partial charge is 0.361 e. The highest BCUT2D eigenvalue weighted by Crippen LogP contribution is 2.18. The van der Waals surface area contributed by atoms with Crippen molar-refractivity contribution >= 4 is 22.6 Å². The fourth-order valence-electron chi connectivity index (χ4n) is 2.60. The maximum atomic E-state index is 12.3. The van der Waals surface area contributed by atoms with Crippen LogP contribution in [0.3, 0.4) is 0 Å². The van der Waals surface area contributed by atoms with Crippen molar-refractivity contribution in [3.8, 4) is 0 Å². The minimum Gasteiger partial charge on any atom is -0.361 e. The van der Waals surface area contributed by atoms with Crippen molar-refractivity contribution < 1.29 is 9.59 Å². The van der Waals surface area contributed by atoms with Crippen molar-refractivity contribution in [2.75, 3.05) is 0 Å². The highest BCUT2D eigenvalue weighted by Gasteiger charge is 2.26. The summed E-state index contributed by atoms with van der Waals surface area (Å²) in [6.07, 6.45) is 2.14. The van der Waals surface area contributed by atoms with Crippen LogP contribution in [0.2, 0.25) is 0 Å². The van der Waals surface area contributed by atoms with E-state index in [4.69, 9.17) is 0 Å². The Morgan fingerprint density at radius 2 is 1.82 bits per heavy atom. The van der Waals surface area contributed by atoms with Crippen LogP contribution in [0.4, 0.5) is 0 Å². The summed E-state index contributed by atoms with van der Waals surface area (Å²) in [5.41, 5.74) is 1.97. The zero-order chi connectivity index (χ0) is 16.3. The average molecular weight is 300 g/mol. The lowest BCUT2D eigenvalue weighted by Gasteiger charge is -2.22. The van der Waals surface area contributed by atoms with Gasteiger partial charge in [0.05, 0.1) is 12.5 Å². The number of ketones is 1. The first-order valence-corrected chi connectivity index (χ1v) is 7.78. The van der Waals surface area contributed by atoms with E-state index >= 15 is 0 Å². The van der Waals surface area contributed by atoms with E-state index in [1.165, 1.54) is 0 Å². The van der Waals surface area contributed by atoms with Gasteiger partial charge in [0.15, 0.2) is 5.78 Å². The first-order chi connectivity index (χ1) is 10.4. The number of nitrogens with one attached hydrogen (secondary N) is 2. The Morgan fingerprint density at radius 3 is 2.45 bits per heavy atom. The molecule has 1 aromatic carbocycles. The Balaban J connectivity index is 2.10. The third-order valence-electron chi connectivity index (χ3n) is 3.88. The smallest absolute Gasteiger partial charge is 0.225 e. The molecule has 22 heavy (non-hydrogen) atoms. The van der Waals surface area contributed by atoms with Crippen LogP contribution in [0.1, 0.15) is 33.3 Å². The highest BCUT2D eigenvalue weighted by atomic mass is 16.2. The van der Waals surface area contributed by atoms with Gasteiger partial charge in [-0.25, -0.2) is 0 Å². The molecular weight excluding hydrogens is 276 g/mol. The molecule has 118 valence electrons. The van der Waals surface area contributed by atoms with E-state index in [9.17, 15) is 9.59 Å². The Hall–Kier alpha value is -2.10. The molecular formula is C18H24N2O2. The number of hydrogen-bond donors (Lipinski definition) is 2. The van der Waals surface area contributed by atoms with Crippen molar-refractivity contribution in [3.05, 3.63) is 36.0 Å². The van der Waals surface area contributed by atoms with Crippen LogP contribution in [0.15, 0.2) is 30.5 Å². The number of aromatic nitrogens is 1. The van der Waals surface area contributed by atoms with E-state index in [0.29, 0.717) is 0 Å². The van der Waals surface area contributed by atoms with Gasteiger partial charge in [-0.15, -0.1) is 0 Å². The zero-order valence-corrected chi connectivity index (χ0v) is 13.6. The Kier molecular flexibility index (Phi) is 5.01. The summed E-state index contributed by atoms with van der Waals surface area (Å²) in [5, 5.41) is 3.95. The van der Waals surface area contributed by atoms with Crippen molar-refractivity contribution in [2.24, 2.45) is 11.8 Å². The maximum absolute atomic E-state index is 12.3. The SMILES string of the molecule is CC(C)C(=O)[C@@H](NC(=O)Cc1c[nH]c2ccccc12)C(C)C. The van der Waals surface area contributed by atoms with Crippen molar-refractivity contribution in [3.63, 3.8) is 0 Å². The number of Topliss-reactive ketones (excluding diaryl/α,β-unsaturated/α-hetero) is 1. The molecule has 0 unspecified atom stereocenters. The lowest BCUT2D eigenvalue weighted by atomic mass is 9.93. The predicted octanol–water partition coefficient (Wildman–Crippen LogP) is 3.08. The van der Waals surface area contributed by atoms with E-state index in [-0.39, 0.29) is 29.9 Å². The summed E-state index contributed by atoms with van der Waals surface area (Å²) in [6.45, 7) is 7.64. The van der Waals surface area contributed by atoms with Gasteiger partial charge in [0.25, 0.3) is 0 Å². The number of benzene rings is 1. The Morgan fingerprint density at radius 1 is 1.14 bits per heavy atom. The van der Waals surface area contributed by atoms with Crippen LogP contribution in [0.5, 0.6) is 0 Å². The summed E-state index contributed by atoms with van der Waals surface area (Å²) >= 11 is 0. The topological polar surface area (TPSA) is 62.0 Å². The molecule has 0 saturated heterocycles. The zero-order valence-electron chi connectivity index (χ0n) is 13.6. The standard InChI is InChI=1S/C18H24N2O2/c1-11(2)17(18(22)12(3)4)20-16(21)9-13-10-19-15-8-6-5-7-14(13)15/h5-8,10-12,17,19H,9H2,1-4H3,(H,20,21)/t17-/m0/s1. The predicted molar refractivity (Wildman–Crippen MR) is 88.6 cm³/mol. The minimum absolute atomic E-state index is 0.0826. The molecule has 0 saturated carbocycles. The fourth-order valence-corrected chi connectivity index (χ4v) is 2.60. The molecule has 4 heteroatoms. The van der Waals surface area contributed by atoms with Crippen LogP contribution in [0, 0.1) is 11.8 Å². The molecule has 4 nitrogen and oxygen atoms in total. The van der Waals surface area contributed by atoms with E-state index in [1.54, 1.807) is 0 Å². The second-order valence-corrected chi connectivity index (χ2v) is 6.38. The lowest BCUT2D eigenvalue weighted by molar-refractivity contribution is -0.130. The van der Waals surface area contributed by atoms with Gasteiger partial charge in [0.2, 0.25) is 5.91 Å². The summed E-state index contributed by atoms with van der Waals surface area (Å²) in [7, 11) is 0. The number of carbonyl (C=O) groups is 2. The normalized spacial score (nSPS) is 12.8. The molecule has 0 radical (unpaired) electrons. The molecule has 0 aliphatic heterocycles. The summed E-state index contributed by atoms with van der Waals surface area (Å²) in [6, 6.07) is 7.47.